The summed E-state index contributed by atoms with van der Waals surface area (Å²) in [5.41, 5.74) is -0.390. The van der Waals surface area contributed by atoms with Crippen molar-refractivity contribution in [2.75, 3.05) is 0 Å². The zero-order valence-corrected chi connectivity index (χ0v) is 9.43. The summed E-state index contributed by atoms with van der Waals surface area (Å²) < 4.78 is 39.7. The predicted octanol–water partition coefficient (Wildman–Crippen LogP) is 3.72. The largest absolute Gasteiger partial charge is 0.388 e. The molecule has 17 heavy (non-hydrogen) atoms. The lowest BCUT2D eigenvalue weighted by atomic mass is 9.82. The monoisotopic (exact) mass is 244 g/mol. The summed E-state index contributed by atoms with van der Waals surface area (Å²) in [4.78, 5) is 0. The molecular weight excluding hydrogens is 229 g/mol. The molecule has 1 saturated carbocycles. The average Bonchev–Trinajstić information content (AvgIpc) is 2.28. The molecule has 4 heteroatoms. The van der Waals surface area contributed by atoms with Crippen molar-refractivity contribution in [1.29, 1.82) is 0 Å². The van der Waals surface area contributed by atoms with Gasteiger partial charge in [0.1, 0.15) is 17.5 Å². The van der Waals surface area contributed by atoms with Gasteiger partial charge >= 0.3 is 0 Å². The van der Waals surface area contributed by atoms with Crippen LogP contribution < -0.4 is 0 Å². The second-order valence-electron chi connectivity index (χ2n) is 4.63. The number of hydrogen-bond acceptors (Lipinski definition) is 1. The van der Waals surface area contributed by atoms with Gasteiger partial charge in [0.2, 0.25) is 0 Å². The molecule has 1 atom stereocenters. The second kappa shape index (κ2) is 5.08. The van der Waals surface area contributed by atoms with E-state index in [1.54, 1.807) is 0 Å². The molecule has 1 aromatic rings. The molecule has 0 saturated heterocycles. The van der Waals surface area contributed by atoms with Crippen molar-refractivity contribution in [2.45, 2.75) is 38.2 Å². The summed E-state index contributed by atoms with van der Waals surface area (Å²) in [5.74, 6) is -3.08. The maximum Gasteiger partial charge on any atom is 0.134 e. The molecule has 1 nitrogen and oxygen atoms in total. The molecule has 1 aliphatic carbocycles. The molecule has 1 aromatic carbocycles. The molecule has 1 aliphatic rings. The second-order valence-corrected chi connectivity index (χ2v) is 4.63. The summed E-state index contributed by atoms with van der Waals surface area (Å²) in [6.45, 7) is 0. The summed E-state index contributed by atoms with van der Waals surface area (Å²) in [6.07, 6.45) is 3.38. The van der Waals surface area contributed by atoms with Crippen LogP contribution in [0.4, 0.5) is 13.2 Å². The molecule has 1 unspecified atom stereocenters. The van der Waals surface area contributed by atoms with Crippen LogP contribution in [0.25, 0.3) is 0 Å². The summed E-state index contributed by atoms with van der Waals surface area (Å²) >= 11 is 0. The summed E-state index contributed by atoms with van der Waals surface area (Å²) in [5, 5.41) is 10.00. The van der Waals surface area contributed by atoms with Gasteiger partial charge in [0.15, 0.2) is 0 Å². The van der Waals surface area contributed by atoms with Crippen molar-refractivity contribution >= 4 is 0 Å². The summed E-state index contributed by atoms with van der Waals surface area (Å²) in [6, 6.07) is 1.23. The van der Waals surface area contributed by atoms with Gasteiger partial charge in [0.05, 0.1) is 11.7 Å². The molecule has 0 bridgehead atoms. The Bertz CT molecular complexity index is 377. The molecule has 94 valence electrons. The fourth-order valence-corrected chi connectivity index (χ4v) is 2.52. The molecule has 0 amide bonds. The number of aliphatic hydroxyl groups excluding tert-OH is 1. The third kappa shape index (κ3) is 2.63. The quantitative estimate of drug-likeness (QED) is 0.840. The number of benzene rings is 1. The van der Waals surface area contributed by atoms with E-state index >= 15 is 0 Å². The van der Waals surface area contributed by atoms with Crippen molar-refractivity contribution in [3.8, 4) is 0 Å². The van der Waals surface area contributed by atoms with E-state index in [9.17, 15) is 18.3 Å². The third-order valence-electron chi connectivity index (χ3n) is 3.44. The number of aliphatic hydroxyl groups is 1. The smallest absolute Gasteiger partial charge is 0.134 e. The van der Waals surface area contributed by atoms with Crippen LogP contribution >= 0.6 is 0 Å². The Balaban J connectivity index is 2.26. The van der Waals surface area contributed by atoms with Crippen LogP contribution in [0.5, 0.6) is 0 Å². The highest BCUT2D eigenvalue weighted by Gasteiger charge is 2.28. The van der Waals surface area contributed by atoms with Crippen LogP contribution in [0.1, 0.15) is 43.8 Å². The first-order chi connectivity index (χ1) is 8.09. The molecular formula is C13H15F3O. The molecule has 2 rings (SSSR count). The standard InChI is InChI=1S/C13H15F3O/c14-9-6-10(15)12(11(16)7-9)13(17)8-4-2-1-3-5-8/h6-8,13,17H,1-5H2. The van der Waals surface area contributed by atoms with E-state index in [-0.39, 0.29) is 5.92 Å². The van der Waals surface area contributed by atoms with E-state index in [0.717, 1.165) is 32.1 Å². The molecule has 0 heterocycles. The molecule has 1 N–H and O–H groups in total. The fraction of sp³-hybridized carbons (Fsp3) is 0.538. The lowest BCUT2D eigenvalue weighted by molar-refractivity contribution is 0.0780. The Morgan fingerprint density at radius 1 is 1.00 bits per heavy atom. The first-order valence-electron chi connectivity index (χ1n) is 5.92. The van der Waals surface area contributed by atoms with Gasteiger partial charge in [0, 0.05) is 12.1 Å². The van der Waals surface area contributed by atoms with Crippen molar-refractivity contribution in [3.05, 3.63) is 35.1 Å². The minimum absolute atomic E-state index is 0.127. The Labute approximate surface area is 98.3 Å². The molecule has 1 fully saturated rings. The van der Waals surface area contributed by atoms with Gasteiger partial charge in [-0.3, -0.25) is 0 Å². The van der Waals surface area contributed by atoms with Crippen molar-refractivity contribution in [3.63, 3.8) is 0 Å². The predicted molar refractivity (Wildman–Crippen MR) is 57.9 cm³/mol. The Hall–Kier alpha value is -1.03. The van der Waals surface area contributed by atoms with E-state index in [2.05, 4.69) is 0 Å². The van der Waals surface area contributed by atoms with Crippen molar-refractivity contribution in [2.24, 2.45) is 5.92 Å². The highest BCUT2D eigenvalue weighted by atomic mass is 19.1. The number of hydrogen-bond donors (Lipinski definition) is 1. The van der Waals surface area contributed by atoms with Gasteiger partial charge in [-0.1, -0.05) is 19.3 Å². The SMILES string of the molecule is OC(c1c(F)cc(F)cc1F)C1CCCCC1. The van der Waals surface area contributed by atoms with E-state index in [4.69, 9.17) is 0 Å². The highest BCUT2D eigenvalue weighted by Crippen LogP contribution is 2.36. The minimum Gasteiger partial charge on any atom is -0.388 e. The van der Waals surface area contributed by atoms with Crippen LogP contribution in [0, 0.1) is 23.4 Å². The Morgan fingerprint density at radius 2 is 1.53 bits per heavy atom. The Morgan fingerprint density at radius 3 is 2.06 bits per heavy atom. The van der Waals surface area contributed by atoms with Gasteiger partial charge in [-0.25, -0.2) is 13.2 Å². The maximum absolute atomic E-state index is 13.5. The van der Waals surface area contributed by atoms with Gasteiger partial charge in [0.25, 0.3) is 0 Å². The molecule has 0 spiro atoms. The third-order valence-corrected chi connectivity index (χ3v) is 3.44. The molecule has 0 radical (unpaired) electrons. The zero-order chi connectivity index (χ0) is 12.4. The van der Waals surface area contributed by atoms with Crippen LogP contribution in [-0.4, -0.2) is 5.11 Å². The van der Waals surface area contributed by atoms with Gasteiger partial charge in [-0.2, -0.15) is 0 Å². The average molecular weight is 244 g/mol. The van der Waals surface area contributed by atoms with E-state index in [1.807, 2.05) is 0 Å². The van der Waals surface area contributed by atoms with Crippen LogP contribution in [0.3, 0.4) is 0 Å². The zero-order valence-electron chi connectivity index (χ0n) is 9.43. The molecule has 0 aromatic heterocycles. The first-order valence-corrected chi connectivity index (χ1v) is 5.92. The topological polar surface area (TPSA) is 20.2 Å². The number of halogens is 3. The van der Waals surface area contributed by atoms with Gasteiger partial charge < -0.3 is 5.11 Å². The van der Waals surface area contributed by atoms with Crippen LogP contribution in [0.2, 0.25) is 0 Å². The van der Waals surface area contributed by atoms with Crippen molar-refractivity contribution in [1.82, 2.24) is 0 Å². The van der Waals surface area contributed by atoms with E-state index < -0.39 is 29.1 Å². The Kier molecular flexibility index (Phi) is 3.72. The normalized spacial score (nSPS) is 19.3. The maximum atomic E-state index is 13.5. The lowest BCUT2D eigenvalue weighted by Gasteiger charge is -2.27. The van der Waals surface area contributed by atoms with E-state index in [1.165, 1.54) is 0 Å². The number of rotatable bonds is 2. The van der Waals surface area contributed by atoms with Crippen LogP contribution in [-0.2, 0) is 0 Å². The lowest BCUT2D eigenvalue weighted by Crippen LogP contribution is -2.18. The molecule has 0 aliphatic heterocycles. The first kappa shape index (κ1) is 12.4. The van der Waals surface area contributed by atoms with Gasteiger partial charge in [-0.05, 0) is 18.8 Å². The fourth-order valence-electron chi connectivity index (χ4n) is 2.52. The minimum atomic E-state index is -1.17. The van der Waals surface area contributed by atoms with Crippen molar-refractivity contribution < 1.29 is 18.3 Å². The highest BCUT2D eigenvalue weighted by molar-refractivity contribution is 5.23. The van der Waals surface area contributed by atoms with E-state index in [0.29, 0.717) is 12.1 Å². The summed E-state index contributed by atoms with van der Waals surface area (Å²) in [7, 11) is 0. The van der Waals surface area contributed by atoms with Gasteiger partial charge in [-0.15, -0.1) is 0 Å². The van der Waals surface area contributed by atoms with Crippen LogP contribution in [0.15, 0.2) is 12.1 Å².